The van der Waals surface area contributed by atoms with Crippen molar-refractivity contribution in [3.05, 3.63) is 36.0 Å². The second kappa shape index (κ2) is 6.34. The Morgan fingerprint density at radius 3 is 2.76 bits per heavy atom. The van der Waals surface area contributed by atoms with Crippen molar-refractivity contribution in [1.29, 1.82) is 0 Å². The van der Waals surface area contributed by atoms with Gasteiger partial charge in [-0.3, -0.25) is 9.59 Å². The normalized spacial score (nSPS) is 10.8. The first-order chi connectivity index (χ1) is 10.0. The molecule has 7 heteroatoms. The number of fused-ring (bicyclic) bond motifs is 1. The summed E-state index contributed by atoms with van der Waals surface area (Å²) < 4.78 is 14.6. The van der Waals surface area contributed by atoms with Gasteiger partial charge in [0.2, 0.25) is 0 Å². The van der Waals surface area contributed by atoms with Crippen LogP contribution in [-0.4, -0.2) is 44.4 Å². The molecule has 2 rings (SSSR count). The number of halogens is 1. The molecule has 2 aromatic heterocycles. The molecule has 112 valence electrons. The fraction of sp³-hybridized carbons (Fsp3) is 0.357. The lowest BCUT2D eigenvalue weighted by molar-refractivity contribution is -0.137. The molecule has 0 saturated heterocycles. The molecule has 0 bridgehead atoms. The molecule has 0 aliphatic rings. The summed E-state index contributed by atoms with van der Waals surface area (Å²) in [6.45, 7) is 2.48. The van der Waals surface area contributed by atoms with E-state index in [1.165, 1.54) is 33.8 Å². The summed E-state index contributed by atoms with van der Waals surface area (Å²) >= 11 is 0. The summed E-state index contributed by atoms with van der Waals surface area (Å²) in [6, 6.07) is 2.75. The number of carbonyl (C=O) groups excluding carboxylic acids is 1. The van der Waals surface area contributed by atoms with Gasteiger partial charge in [0.25, 0.3) is 5.91 Å². The van der Waals surface area contributed by atoms with Gasteiger partial charge in [0, 0.05) is 25.5 Å². The van der Waals surface area contributed by atoms with Gasteiger partial charge in [-0.15, -0.1) is 0 Å². The predicted molar refractivity (Wildman–Crippen MR) is 73.6 cm³/mol. The average Bonchev–Trinajstić information content (AvgIpc) is 2.85. The van der Waals surface area contributed by atoms with E-state index in [1.54, 1.807) is 0 Å². The van der Waals surface area contributed by atoms with Crippen LogP contribution in [-0.2, 0) is 4.79 Å². The molecular formula is C14H16FN3O3. The van der Waals surface area contributed by atoms with E-state index in [9.17, 15) is 14.0 Å². The number of carboxylic acids is 1. The Balaban J connectivity index is 2.22. The zero-order chi connectivity index (χ0) is 15.4. The zero-order valence-electron chi connectivity index (χ0n) is 11.6. The van der Waals surface area contributed by atoms with E-state index in [1.807, 2.05) is 6.92 Å². The van der Waals surface area contributed by atoms with E-state index in [2.05, 4.69) is 4.98 Å². The number of rotatable bonds is 6. The summed E-state index contributed by atoms with van der Waals surface area (Å²) in [4.78, 5) is 28.6. The lowest BCUT2D eigenvalue weighted by atomic mass is 10.3. The Labute approximate surface area is 120 Å². The molecule has 0 atom stereocenters. The molecule has 0 aromatic carbocycles. The van der Waals surface area contributed by atoms with Crippen LogP contribution in [0.4, 0.5) is 4.39 Å². The first-order valence-electron chi connectivity index (χ1n) is 6.66. The minimum absolute atomic E-state index is 0.117. The fourth-order valence-electron chi connectivity index (χ4n) is 2.05. The molecule has 0 unspecified atom stereocenters. The zero-order valence-corrected chi connectivity index (χ0v) is 11.6. The number of imidazole rings is 1. The van der Waals surface area contributed by atoms with Crippen LogP contribution in [0.2, 0.25) is 0 Å². The number of pyridine rings is 1. The highest BCUT2D eigenvalue weighted by molar-refractivity contribution is 5.93. The molecule has 1 amide bonds. The molecule has 0 aliphatic heterocycles. The van der Waals surface area contributed by atoms with Crippen LogP contribution in [0.3, 0.4) is 0 Å². The Morgan fingerprint density at radius 2 is 2.10 bits per heavy atom. The third-order valence-corrected chi connectivity index (χ3v) is 3.01. The van der Waals surface area contributed by atoms with Gasteiger partial charge in [-0.1, -0.05) is 6.92 Å². The number of aromatic nitrogens is 2. The minimum atomic E-state index is -0.957. The summed E-state index contributed by atoms with van der Waals surface area (Å²) in [6.07, 6.45) is 3.28. The molecule has 0 spiro atoms. The molecule has 21 heavy (non-hydrogen) atoms. The molecule has 0 fully saturated rings. The quantitative estimate of drug-likeness (QED) is 0.881. The lowest BCUT2D eigenvalue weighted by Gasteiger charge is -2.19. The number of nitrogens with zero attached hydrogens (tertiary/aromatic N) is 3. The first kappa shape index (κ1) is 15.0. The lowest BCUT2D eigenvalue weighted by Crippen LogP contribution is -2.34. The third-order valence-electron chi connectivity index (χ3n) is 3.01. The summed E-state index contributed by atoms with van der Waals surface area (Å²) in [5.41, 5.74) is 0.647. The van der Waals surface area contributed by atoms with Crippen molar-refractivity contribution in [1.82, 2.24) is 14.3 Å². The van der Waals surface area contributed by atoms with Gasteiger partial charge in [-0.2, -0.15) is 0 Å². The van der Waals surface area contributed by atoms with Crippen molar-refractivity contribution >= 4 is 17.5 Å². The van der Waals surface area contributed by atoms with E-state index in [0.29, 0.717) is 18.6 Å². The summed E-state index contributed by atoms with van der Waals surface area (Å²) in [7, 11) is 0. The average molecular weight is 293 g/mol. The topological polar surface area (TPSA) is 74.9 Å². The maximum absolute atomic E-state index is 13.1. The monoisotopic (exact) mass is 293 g/mol. The highest BCUT2D eigenvalue weighted by Gasteiger charge is 2.19. The first-order valence-corrected chi connectivity index (χ1v) is 6.66. The van der Waals surface area contributed by atoms with Crippen molar-refractivity contribution in [2.75, 3.05) is 13.1 Å². The molecule has 0 radical (unpaired) electrons. The maximum atomic E-state index is 13.1. The van der Waals surface area contributed by atoms with Gasteiger partial charge in [-0.25, -0.2) is 9.37 Å². The Morgan fingerprint density at radius 1 is 1.33 bits per heavy atom. The maximum Gasteiger partial charge on any atom is 0.305 e. The SMILES string of the molecule is CCCN(CCC(=O)O)C(=O)c1cn2cc(F)ccc2n1. The van der Waals surface area contributed by atoms with Gasteiger partial charge in [0.1, 0.15) is 17.2 Å². The third kappa shape index (κ3) is 3.56. The fourth-order valence-corrected chi connectivity index (χ4v) is 2.05. The van der Waals surface area contributed by atoms with Gasteiger partial charge < -0.3 is 14.4 Å². The van der Waals surface area contributed by atoms with Crippen molar-refractivity contribution in [2.45, 2.75) is 19.8 Å². The van der Waals surface area contributed by atoms with E-state index < -0.39 is 11.8 Å². The number of carboxylic acid groups (broad SMARTS) is 1. The van der Waals surface area contributed by atoms with Crippen LogP contribution >= 0.6 is 0 Å². The van der Waals surface area contributed by atoms with Gasteiger partial charge in [0.15, 0.2) is 0 Å². The van der Waals surface area contributed by atoms with Gasteiger partial charge >= 0.3 is 5.97 Å². The number of amides is 1. The molecule has 2 aromatic rings. The van der Waals surface area contributed by atoms with Crippen LogP contribution in [0.25, 0.3) is 5.65 Å². The number of hydrogen-bond acceptors (Lipinski definition) is 3. The Kier molecular flexibility index (Phi) is 4.52. The molecule has 2 heterocycles. The van der Waals surface area contributed by atoms with E-state index in [4.69, 9.17) is 5.11 Å². The van der Waals surface area contributed by atoms with Crippen molar-refractivity contribution < 1.29 is 19.1 Å². The largest absolute Gasteiger partial charge is 0.481 e. The Hall–Kier alpha value is -2.44. The molecule has 6 nitrogen and oxygen atoms in total. The standard InChI is InChI=1S/C14H16FN3O3/c1-2-6-17(7-5-13(19)20)14(21)11-9-18-8-10(15)3-4-12(18)16-11/h3-4,8-9H,2,5-7H2,1H3,(H,19,20). The van der Waals surface area contributed by atoms with Gasteiger partial charge in [0.05, 0.1) is 6.42 Å². The van der Waals surface area contributed by atoms with Crippen LogP contribution in [0, 0.1) is 5.82 Å². The summed E-state index contributed by atoms with van der Waals surface area (Å²) in [5.74, 6) is -1.72. The van der Waals surface area contributed by atoms with Crippen molar-refractivity contribution in [2.24, 2.45) is 0 Å². The smallest absolute Gasteiger partial charge is 0.305 e. The predicted octanol–water partition coefficient (Wildman–Crippen LogP) is 1.80. The second-order valence-corrected chi connectivity index (χ2v) is 4.67. The van der Waals surface area contributed by atoms with Crippen molar-refractivity contribution in [3.63, 3.8) is 0 Å². The van der Waals surface area contributed by atoms with Crippen LogP contribution in [0.15, 0.2) is 24.5 Å². The highest BCUT2D eigenvalue weighted by Crippen LogP contribution is 2.10. The minimum Gasteiger partial charge on any atom is -0.481 e. The second-order valence-electron chi connectivity index (χ2n) is 4.67. The van der Waals surface area contributed by atoms with Gasteiger partial charge in [-0.05, 0) is 18.6 Å². The highest BCUT2D eigenvalue weighted by atomic mass is 19.1. The molecule has 0 aliphatic carbocycles. The van der Waals surface area contributed by atoms with Crippen LogP contribution in [0.1, 0.15) is 30.3 Å². The Bertz CT molecular complexity index is 669. The number of aliphatic carboxylic acids is 1. The molecule has 1 N–H and O–H groups in total. The number of carbonyl (C=O) groups is 2. The summed E-state index contributed by atoms with van der Waals surface area (Å²) in [5, 5.41) is 8.73. The van der Waals surface area contributed by atoms with E-state index in [0.717, 1.165) is 0 Å². The van der Waals surface area contributed by atoms with E-state index >= 15 is 0 Å². The van der Waals surface area contributed by atoms with Crippen LogP contribution in [0.5, 0.6) is 0 Å². The number of hydrogen-bond donors (Lipinski definition) is 1. The van der Waals surface area contributed by atoms with E-state index in [-0.39, 0.29) is 24.6 Å². The van der Waals surface area contributed by atoms with Crippen LogP contribution < -0.4 is 0 Å². The molecular weight excluding hydrogens is 277 g/mol. The van der Waals surface area contributed by atoms with Crippen molar-refractivity contribution in [3.8, 4) is 0 Å². The molecule has 0 saturated carbocycles.